The van der Waals surface area contributed by atoms with Crippen molar-refractivity contribution in [2.24, 2.45) is 7.05 Å². The molecule has 34 heavy (non-hydrogen) atoms. The molecular weight excluding hydrogens is 446 g/mol. The number of H-pyrrole nitrogens is 1. The summed E-state index contributed by atoms with van der Waals surface area (Å²) in [5, 5.41) is 11.3. The number of piperazine rings is 1. The first kappa shape index (κ1) is 22.7. The molecule has 10 heteroatoms. The SMILES string of the molecule is Cc1cc(Nc2cc(N3CCN(C(C)(C)C)CC3)nc(Sc3ccc4c(c3)ncn4C)n2)n[nH]1.[HH].[HH]. The summed E-state index contributed by atoms with van der Waals surface area (Å²) in [6.45, 7) is 12.7. The van der Waals surface area contributed by atoms with Crippen molar-refractivity contribution in [3.63, 3.8) is 0 Å². The fourth-order valence-corrected chi connectivity index (χ4v) is 4.99. The number of aromatic amines is 1. The number of benzene rings is 1. The molecule has 0 aliphatic carbocycles. The Morgan fingerprint density at radius 3 is 2.53 bits per heavy atom. The second-order valence-electron chi connectivity index (χ2n) is 9.71. The summed E-state index contributed by atoms with van der Waals surface area (Å²) in [7, 11) is 2.00. The zero-order chi connectivity index (χ0) is 23.9. The number of imidazole rings is 1. The van der Waals surface area contributed by atoms with E-state index in [1.165, 1.54) is 0 Å². The summed E-state index contributed by atoms with van der Waals surface area (Å²) in [4.78, 5) is 20.1. The standard InChI is InChI=1S/C24H31N9S.2H2/c1-16-12-21(30-29-16)26-20-14-22(32-8-10-33(11-9-32)24(2,3)4)28-23(27-20)34-17-6-7-19-18(13-17)25-15-31(19)5;;/h6-7,12-15H,8-11H2,1-5H3,(H2,26,27,28,29,30);2*1H. The Morgan fingerprint density at radius 1 is 1.03 bits per heavy atom. The van der Waals surface area contributed by atoms with Crippen LogP contribution >= 0.6 is 11.8 Å². The lowest BCUT2D eigenvalue weighted by atomic mass is 10.1. The van der Waals surface area contributed by atoms with Gasteiger partial charge in [-0.2, -0.15) is 5.10 Å². The summed E-state index contributed by atoms with van der Waals surface area (Å²) < 4.78 is 2.02. The van der Waals surface area contributed by atoms with E-state index in [4.69, 9.17) is 9.97 Å². The molecule has 0 bridgehead atoms. The summed E-state index contributed by atoms with van der Waals surface area (Å²) >= 11 is 1.55. The molecule has 1 fully saturated rings. The van der Waals surface area contributed by atoms with Gasteiger partial charge in [0.2, 0.25) is 0 Å². The van der Waals surface area contributed by atoms with Crippen LogP contribution in [0.1, 0.15) is 29.3 Å². The first-order valence-electron chi connectivity index (χ1n) is 11.5. The van der Waals surface area contributed by atoms with Gasteiger partial charge in [-0.15, -0.1) is 0 Å². The number of hydrogen-bond acceptors (Lipinski definition) is 8. The molecule has 182 valence electrons. The quantitative estimate of drug-likeness (QED) is 0.396. The van der Waals surface area contributed by atoms with Gasteiger partial charge in [-0.25, -0.2) is 15.0 Å². The van der Waals surface area contributed by atoms with E-state index < -0.39 is 0 Å². The molecular formula is C24H35N9S. The molecule has 2 N–H and O–H groups in total. The van der Waals surface area contributed by atoms with Crippen LogP contribution in [0.15, 0.2) is 46.7 Å². The summed E-state index contributed by atoms with van der Waals surface area (Å²) in [6, 6.07) is 10.2. The average molecular weight is 482 g/mol. The van der Waals surface area contributed by atoms with Gasteiger partial charge < -0.3 is 14.8 Å². The number of anilines is 3. The topological polar surface area (TPSA) is 90.8 Å². The van der Waals surface area contributed by atoms with Crippen LogP contribution in [-0.4, -0.2) is 66.3 Å². The highest BCUT2D eigenvalue weighted by atomic mass is 32.2. The highest BCUT2D eigenvalue weighted by Gasteiger charge is 2.27. The van der Waals surface area contributed by atoms with Gasteiger partial charge in [0.05, 0.1) is 17.4 Å². The van der Waals surface area contributed by atoms with Crippen LogP contribution in [0.2, 0.25) is 0 Å². The lowest BCUT2D eigenvalue weighted by Gasteiger charge is -2.42. The molecule has 1 aliphatic rings. The Kier molecular flexibility index (Phi) is 5.95. The van der Waals surface area contributed by atoms with E-state index >= 15 is 0 Å². The monoisotopic (exact) mass is 481 g/mol. The number of hydrogen-bond donors (Lipinski definition) is 2. The van der Waals surface area contributed by atoms with Crippen molar-refractivity contribution in [2.45, 2.75) is 43.3 Å². The van der Waals surface area contributed by atoms with Crippen molar-refractivity contribution >= 4 is 40.2 Å². The number of fused-ring (bicyclic) bond motifs is 1. The Balaban J connectivity index is 0.00000180. The number of rotatable bonds is 5. The van der Waals surface area contributed by atoms with Crippen LogP contribution < -0.4 is 10.2 Å². The first-order chi connectivity index (χ1) is 16.2. The van der Waals surface area contributed by atoms with Crippen LogP contribution in [0.4, 0.5) is 17.5 Å². The van der Waals surface area contributed by atoms with Crippen molar-refractivity contribution in [3.05, 3.63) is 42.4 Å². The van der Waals surface area contributed by atoms with E-state index in [1.54, 1.807) is 11.8 Å². The molecule has 0 radical (unpaired) electrons. The van der Waals surface area contributed by atoms with Gasteiger partial charge in [-0.05, 0) is 57.7 Å². The first-order valence-corrected chi connectivity index (χ1v) is 12.3. The third-order valence-electron chi connectivity index (χ3n) is 6.11. The van der Waals surface area contributed by atoms with Crippen LogP contribution in [0.3, 0.4) is 0 Å². The van der Waals surface area contributed by atoms with Gasteiger partial charge >= 0.3 is 0 Å². The molecule has 0 spiro atoms. The third-order valence-corrected chi connectivity index (χ3v) is 6.97. The number of nitrogens with zero attached hydrogens (tertiary/aromatic N) is 7. The minimum Gasteiger partial charge on any atom is -0.354 e. The molecule has 0 saturated carbocycles. The van der Waals surface area contributed by atoms with Crippen molar-refractivity contribution in [1.29, 1.82) is 0 Å². The fraction of sp³-hybridized carbons (Fsp3) is 0.417. The zero-order valence-corrected chi connectivity index (χ0v) is 21.1. The van der Waals surface area contributed by atoms with Crippen LogP contribution in [-0.2, 0) is 7.05 Å². The molecule has 0 unspecified atom stereocenters. The average Bonchev–Trinajstić information content (AvgIpc) is 3.38. The van der Waals surface area contributed by atoms with E-state index in [-0.39, 0.29) is 8.39 Å². The molecule has 3 aromatic heterocycles. The second-order valence-corrected chi connectivity index (χ2v) is 10.7. The normalized spacial score (nSPS) is 15.3. The molecule has 1 aromatic carbocycles. The second kappa shape index (κ2) is 8.92. The van der Waals surface area contributed by atoms with Gasteiger partial charge in [0.25, 0.3) is 0 Å². The van der Waals surface area contributed by atoms with Gasteiger partial charge in [-0.3, -0.25) is 10.00 Å². The van der Waals surface area contributed by atoms with Crippen molar-refractivity contribution in [1.82, 2.24) is 34.6 Å². The highest BCUT2D eigenvalue weighted by Crippen LogP contribution is 2.31. The number of aromatic nitrogens is 6. The molecule has 5 rings (SSSR count). The van der Waals surface area contributed by atoms with Crippen LogP contribution in [0.5, 0.6) is 0 Å². The van der Waals surface area contributed by atoms with Gasteiger partial charge in [0.1, 0.15) is 11.6 Å². The minimum atomic E-state index is 0. The van der Waals surface area contributed by atoms with E-state index in [9.17, 15) is 0 Å². The molecule has 1 aliphatic heterocycles. The Morgan fingerprint density at radius 2 is 1.82 bits per heavy atom. The summed E-state index contributed by atoms with van der Waals surface area (Å²) in [5.41, 5.74) is 3.24. The molecule has 0 atom stereocenters. The molecule has 1 saturated heterocycles. The van der Waals surface area contributed by atoms with E-state index in [1.807, 2.05) is 37.0 Å². The molecule has 9 nitrogen and oxygen atoms in total. The van der Waals surface area contributed by atoms with Gasteiger partial charge in [-0.1, -0.05) is 0 Å². The molecule has 4 aromatic rings. The van der Waals surface area contributed by atoms with E-state index in [0.717, 1.165) is 65.3 Å². The molecule has 4 heterocycles. The molecule has 0 amide bonds. The smallest absolute Gasteiger partial charge is 0.196 e. The van der Waals surface area contributed by atoms with Crippen LogP contribution in [0.25, 0.3) is 11.0 Å². The zero-order valence-electron chi connectivity index (χ0n) is 20.3. The van der Waals surface area contributed by atoms with Crippen molar-refractivity contribution < 1.29 is 2.85 Å². The largest absolute Gasteiger partial charge is 0.354 e. The lowest BCUT2D eigenvalue weighted by Crippen LogP contribution is -2.53. The Labute approximate surface area is 207 Å². The predicted molar refractivity (Wildman–Crippen MR) is 141 cm³/mol. The van der Waals surface area contributed by atoms with Gasteiger partial charge in [0.15, 0.2) is 11.0 Å². The van der Waals surface area contributed by atoms with Crippen molar-refractivity contribution in [2.75, 3.05) is 36.4 Å². The lowest BCUT2D eigenvalue weighted by molar-refractivity contribution is 0.128. The highest BCUT2D eigenvalue weighted by molar-refractivity contribution is 7.99. The van der Waals surface area contributed by atoms with E-state index in [2.05, 4.69) is 69.3 Å². The minimum absolute atomic E-state index is 0. The van der Waals surface area contributed by atoms with Crippen LogP contribution in [0, 0.1) is 6.92 Å². The Bertz CT molecular complexity index is 1310. The van der Waals surface area contributed by atoms with Gasteiger partial charge in [0, 0.05) is 64.3 Å². The maximum Gasteiger partial charge on any atom is 0.196 e. The summed E-state index contributed by atoms with van der Waals surface area (Å²) in [5.74, 6) is 2.40. The fourth-order valence-electron chi connectivity index (χ4n) is 4.19. The Hall–Kier alpha value is -3.11. The summed E-state index contributed by atoms with van der Waals surface area (Å²) in [6.07, 6.45) is 1.83. The predicted octanol–water partition coefficient (Wildman–Crippen LogP) is 4.70. The van der Waals surface area contributed by atoms with Crippen molar-refractivity contribution in [3.8, 4) is 0 Å². The maximum absolute atomic E-state index is 4.94. The number of nitrogens with one attached hydrogen (secondary N) is 2. The number of aryl methyl sites for hydroxylation is 2. The maximum atomic E-state index is 4.94. The third kappa shape index (κ3) is 4.88. The van der Waals surface area contributed by atoms with E-state index in [0.29, 0.717) is 5.16 Å².